The van der Waals surface area contributed by atoms with Gasteiger partial charge in [-0.05, 0) is 25.2 Å². The van der Waals surface area contributed by atoms with E-state index in [2.05, 4.69) is 16.9 Å². The quantitative estimate of drug-likeness (QED) is 0.894. The van der Waals surface area contributed by atoms with E-state index in [1.807, 2.05) is 11.1 Å². The van der Waals surface area contributed by atoms with Crippen LogP contribution in [0.2, 0.25) is 0 Å². The predicted octanol–water partition coefficient (Wildman–Crippen LogP) is 1.79. The summed E-state index contributed by atoms with van der Waals surface area (Å²) in [5.74, 6) is 1.42. The van der Waals surface area contributed by atoms with E-state index in [1.165, 1.54) is 6.42 Å². The van der Waals surface area contributed by atoms with E-state index < -0.39 is 0 Å². The Bertz CT molecular complexity index is 431. The van der Waals surface area contributed by atoms with Gasteiger partial charge in [0.05, 0.1) is 13.0 Å². The molecule has 2 heterocycles. The summed E-state index contributed by atoms with van der Waals surface area (Å²) >= 11 is 0. The molecule has 1 saturated heterocycles. The molecule has 1 aliphatic heterocycles. The van der Waals surface area contributed by atoms with Crippen LogP contribution in [0.5, 0.6) is 0 Å². The summed E-state index contributed by atoms with van der Waals surface area (Å²) in [5.41, 5.74) is 1.08. The summed E-state index contributed by atoms with van der Waals surface area (Å²) in [6, 6.07) is 0. The number of aryl methyl sites for hydroxylation is 1. The number of H-pyrrole nitrogens is 1. The Morgan fingerprint density at radius 1 is 1.55 bits per heavy atom. The van der Waals surface area contributed by atoms with Crippen LogP contribution in [-0.2, 0) is 22.4 Å². The number of carbonyl (C=O) groups is 1. The number of rotatable bonds is 5. The lowest BCUT2D eigenvalue weighted by atomic mass is 10.0. The Kier molecular flexibility index (Phi) is 5.59. The fraction of sp³-hybridized carbons (Fsp3) is 0.733. The lowest BCUT2D eigenvalue weighted by Crippen LogP contribution is -2.36. The van der Waals surface area contributed by atoms with Gasteiger partial charge in [0.25, 0.3) is 0 Å². The molecule has 0 bridgehead atoms. The second-order valence-corrected chi connectivity index (χ2v) is 5.54. The van der Waals surface area contributed by atoms with Gasteiger partial charge in [-0.2, -0.15) is 0 Å². The van der Waals surface area contributed by atoms with Gasteiger partial charge in [0.2, 0.25) is 5.91 Å². The fourth-order valence-corrected chi connectivity index (χ4v) is 2.76. The van der Waals surface area contributed by atoms with E-state index in [0.717, 1.165) is 50.5 Å². The van der Waals surface area contributed by atoms with E-state index in [1.54, 1.807) is 7.11 Å². The average molecular weight is 279 g/mol. The first-order valence-corrected chi connectivity index (χ1v) is 7.52. The van der Waals surface area contributed by atoms with Gasteiger partial charge in [-0.15, -0.1) is 0 Å². The largest absolute Gasteiger partial charge is 0.384 e. The summed E-state index contributed by atoms with van der Waals surface area (Å²) in [5, 5.41) is 0. The average Bonchev–Trinajstić information content (AvgIpc) is 2.76. The SMILES string of the molecule is CCc1cnc(CC(=O)N2CCCCC(COC)C2)[nH]1. The molecule has 1 aliphatic rings. The van der Waals surface area contributed by atoms with Crippen LogP contribution < -0.4 is 0 Å². The Morgan fingerprint density at radius 3 is 3.10 bits per heavy atom. The van der Waals surface area contributed by atoms with Gasteiger partial charge < -0.3 is 14.6 Å². The number of nitrogens with zero attached hydrogens (tertiary/aromatic N) is 2. The monoisotopic (exact) mass is 279 g/mol. The third kappa shape index (κ3) is 4.07. The number of likely N-dealkylation sites (tertiary alicyclic amines) is 1. The van der Waals surface area contributed by atoms with E-state index in [4.69, 9.17) is 4.74 Å². The predicted molar refractivity (Wildman–Crippen MR) is 77.5 cm³/mol. The van der Waals surface area contributed by atoms with Gasteiger partial charge >= 0.3 is 0 Å². The molecule has 0 saturated carbocycles. The molecule has 5 nitrogen and oxygen atoms in total. The number of aromatic amines is 1. The lowest BCUT2D eigenvalue weighted by Gasteiger charge is -2.24. The number of aromatic nitrogens is 2. The number of ether oxygens (including phenoxy) is 1. The van der Waals surface area contributed by atoms with E-state index in [-0.39, 0.29) is 5.91 Å². The van der Waals surface area contributed by atoms with Crippen molar-refractivity contribution >= 4 is 5.91 Å². The molecule has 0 spiro atoms. The standard InChI is InChI=1S/C15H25N3O2/c1-3-13-9-16-14(17-13)8-15(19)18-7-5-4-6-12(10-18)11-20-2/h9,12H,3-8,10-11H2,1-2H3,(H,16,17). The van der Waals surface area contributed by atoms with Gasteiger partial charge in [-0.25, -0.2) is 4.98 Å². The zero-order valence-electron chi connectivity index (χ0n) is 12.5. The maximum absolute atomic E-state index is 12.4. The summed E-state index contributed by atoms with van der Waals surface area (Å²) < 4.78 is 5.24. The minimum absolute atomic E-state index is 0.171. The highest BCUT2D eigenvalue weighted by atomic mass is 16.5. The third-order valence-corrected chi connectivity index (χ3v) is 3.90. The fourth-order valence-electron chi connectivity index (χ4n) is 2.76. The van der Waals surface area contributed by atoms with Crippen molar-refractivity contribution in [2.45, 2.75) is 39.0 Å². The highest BCUT2D eigenvalue weighted by Gasteiger charge is 2.22. The zero-order chi connectivity index (χ0) is 14.4. The number of hydrogen-bond acceptors (Lipinski definition) is 3. The van der Waals surface area contributed by atoms with E-state index in [0.29, 0.717) is 12.3 Å². The molecule has 5 heteroatoms. The lowest BCUT2D eigenvalue weighted by molar-refractivity contribution is -0.131. The molecule has 1 aromatic rings. The van der Waals surface area contributed by atoms with Crippen LogP contribution in [0.15, 0.2) is 6.20 Å². The molecule has 1 aromatic heterocycles. The molecule has 1 amide bonds. The normalized spacial score (nSPS) is 19.9. The third-order valence-electron chi connectivity index (χ3n) is 3.90. The van der Waals surface area contributed by atoms with Gasteiger partial charge in [0, 0.05) is 32.1 Å². The van der Waals surface area contributed by atoms with Crippen molar-refractivity contribution in [1.82, 2.24) is 14.9 Å². The summed E-state index contributed by atoms with van der Waals surface area (Å²) in [6.07, 6.45) is 6.53. The number of nitrogens with one attached hydrogen (secondary N) is 1. The van der Waals surface area contributed by atoms with Crippen molar-refractivity contribution in [2.24, 2.45) is 5.92 Å². The minimum Gasteiger partial charge on any atom is -0.384 e. The topological polar surface area (TPSA) is 58.2 Å². The maximum Gasteiger partial charge on any atom is 0.230 e. The number of carbonyl (C=O) groups excluding carboxylic acids is 1. The smallest absolute Gasteiger partial charge is 0.230 e. The van der Waals surface area contributed by atoms with E-state index in [9.17, 15) is 4.79 Å². The molecule has 1 N–H and O–H groups in total. The van der Waals surface area contributed by atoms with Gasteiger partial charge in [-0.1, -0.05) is 13.3 Å². The van der Waals surface area contributed by atoms with Crippen molar-refractivity contribution in [1.29, 1.82) is 0 Å². The molecule has 1 fully saturated rings. The Morgan fingerprint density at radius 2 is 2.40 bits per heavy atom. The molecule has 1 unspecified atom stereocenters. The molecule has 1 atom stereocenters. The summed E-state index contributed by atoms with van der Waals surface area (Å²) in [7, 11) is 1.73. The van der Waals surface area contributed by atoms with Crippen LogP contribution in [-0.4, -0.2) is 47.6 Å². The summed E-state index contributed by atoms with van der Waals surface area (Å²) in [4.78, 5) is 21.8. The Balaban J connectivity index is 1.92. The number of methoxy groups -OCH3 is 1. The van der Waals surface area contributed by atoms with Crippen LogP contribution in [0, 0.1) is 5.92 Å². The molecule has 2 rings (SSSR count). The van der Waals surface area contributed by atoms with Crippen molar-refractivity contribution in [3.63, 3.8) is 0 Å². The first kappa shape index (κ1) is 15.0. The zero-order valence-corrected chi connectivity index (χ0v) is 12.5. The van der Waals surface area contributed by atoms with Crippen molar-refractivity contribution in [3.8, 4) is 0 Å². The van der Waals surface area contributed by atoms with Crippen molar-refractivity contribution < 1.29 is 9.53 Å². The van der Waals surface area contributed by atoms with Gasteiger partial charge in [0.15, 0.2) is 0 Å². The highest BCUT2D eigenvalue weighted by Crippen LogP contribution is 2.17. The second kappa shape index (κ2) is 7.43. The first-order valence-electron chi connectivity index (χ1n) is 7.52. The van der Waals surface area contributed by atoms with Crippen molar-refractivity contribution in [3.05, 3.63) is 17.7 Å². The molecule has 20 heavy (non-hydrogen) atoms. The van der Waals surface area contributed by atoms with Crippen LogP contribution >= 0.6 is 0 Å². The molecule has 0 aromatic carbocycles. The highest BCUT2D eigenvalue weighted by molar-refractivity contribution is 5.78. The molecule has 112 valence electrons. The van der Waals surface area contributed by atoms with Gasteiger partial charge in [0.1, 0.15) is 5.82 Å². The minimum atomic E-state index is 0.171. The molecule has 0 radical (unpaired) electrons. The maximum atomic E-state index is 12.4. The van der Waals surface area contributed by atoms with Crippen LogP contribution in [0.25, 0.3) is 0 Å². The first-order chi connectivity index (χ1) is 9.72. The number of hydrogen-bond donors (Lipinski definition) is 1. The van der Waals surface area contributed by atoms with Crippen molar-refractivity contribution in [2.75, 3.05) is 26.8 Å². The number of amides is 1. The number of imidazole rings is 1. The summed E-state index contributed by atoms with van der Waals surface area (Å²) in [6.45, 7) is 4.49. The molecular formula is C15H25N3O2. The van der Waals surface area contributed by atoms with Crippen LogP contribution in [0.3, 0.4) is 0 Å². The van der Waals surface area contributed by atoms with E-state index >= 15 is 0 Å². The van der Waals surface area contributed by atoms with Crippen LogP contribution in [0.4, 0.5) is 0 Å². The molecule has 0 aliphatic carbocycles. The van der Waals surface area contributed by atoms with Crippen LogP contribution in [0.1, 0.15) is 37.7 Å². The Labute approximate surface area is 120 Å². The second-order valence-electron chi connectivity index (χ2n) is 5.54. The molecular weight excluding hydrogens is 254 g/mol. The van der Waals surface area contributed by atoms with Gasteiger partial charge in [-0.3, -0.25) is 4.79 Å². The Hall–Kier alpha value is -1.36.